The first-order valence-corrected chi connectivity index (χ1v) is 8.92. The molecular formula is C21H29NO. The average Bonchev–Trinajstić information content (AvgIpc) is 2.60. The summed E-state index contributed by atoms with van der Waals surface area (Å²) in [7, 11) is 0. The molecule has 2 heteroatoms. The Morgan fingerprint density at radius 2 is 1.74 bits per heavy atom. The van der Waals surface area contributed by atoms with E-state index < -0.39 is 0 Å². The van der Waals surface area contributed by atoms with E-state index in [0.717, 1.165) is 37.3 Å². The molecule has 1 unspecified atom stereocenters. The third-order valence-electron chi connectivity index (χ3n) is 4.23. The Hall–Kier alpha value is -1.83. The first-order valence-electron chi connectivity index (χ1n) is 8.92. The normalized spacial score (nSPS) is 12.1. The molecular weight excluding hydrogens is 282 g/mol. The fourth-order valence-electron chi connectivity index (χ4n) is 2.69. The molecule has 0 fully saturated rings. The number of ether oxygens (including phenoxy) is 1. The molecule has 0 saturated heterocycles. The summed E-state index contributed by atoms with van der Waals surface area (Å²) in [6.07, 6.45) is 7.87. The summed E-state index contributed by atoms with van der Waals surface area (Å²) >= 11 is 0. The third kappa shape index (κ3) is 5.38. The van der Waals surface area contributed by atoms with Gasteiger partial charge in [0.2, 0.25) is 0 Å². The van der Waals surface area contributed by atoms with Gasteiger partial charge in [-0.25, -0.2) is 0 Å². The summed E-state index contributed by atoms with van der Waals surface area (Å²) in [4.78, 5) is 4.63. The zero-order valence-corrected chi connectivity index (χ0v) is 14.7. The smallest absolute Gasteiger partial charge is 0.119 e. The molecule has 0 saturated carbocycles. The van der Waals surface area contributed by atoms with Gasteiger partial charge in [-0.15, -0.1) is 0 Å². The molecule has 2 rings (SSSR count). The number of aryl methyl sites for hydroxylation is 1. The Morgan fingerprint density at radius 3 is 2.35 bits per heavy atom. The van der Waals surface area contributed by atoms with Gasteiger partial charge >= 0.3 is 0 Å². The van der Waals surface area contributed by atoms with Crippen LogP contribution < -0.4 is 4.74 Å². The Bertz CT molecular complexity index is 559. The minimum absolute atomic E-state index is 0.305. The lowest BCUT2D eigenvalue weighted by Crippen LogP contribution is -2.01. The van der Waals surface area contributed by atoms with Crippen LogP contribution in [0.25, 0.3) is 0 Å². The Kier molecular flexibility index (Phi) is 7.12. The van der Waals surface area contributed by atoms with Gasteiger partial charge in [-0.2, -0.15) is 0 Å². The van der Waals surface area contributed by atoms with Gasteiger partial charge in [0.15, 0.2) is 0 Å². The zero-order valence-electron chi connectivity index (χ0n) is 14.7. The van der Waals surface area contributed by atoms with Crippen LogP contribution in [-0.4, -0.2) is 11.6 Å². The van der Waals surface area contributed by atoms with E-state index >= 15 is 0 Å². The first-order chi connectivity index (χ1) is 11.2. The second kappa shape index (κ2) is 9.34. The van der Waals surface area contributed by atoms with Gasteiger partial charge in [-0.3, -0.25) is 4.98 Å². The van der Waals surface area contributed by atoms with Crippen LogP contribution in [0.15, 0.2) is 42.6 Å². The van der Waals surface area contributed by atoms with Crippen molar-refractivity contribution in [2.75, 3.05) is 6.61 Å². The van der Waals surface area contributed by atoms with Gasteiger partial charge in [0.1, 0.15) is 5.75 Å². The number of hydrogen-bond acceptors (Lipinski definition) is 2. The number of unbranched alkanes of at least 4 members (excludes halogenated alkanes) is 2. The Morgan fingerprint density at radius 1 is 0.957 bits per heavy atom. The van der Waals surface area contributed by atoms with Crippen LogP contribution in [0.4, 0.5) is 0 Å². The molecule has 0 N–H and O–H groups in total. The summed E-state index contributed by atoms with van der Waals surface area (Å²) in [5, 5.41) is 0. The SMILES string of the molecule is CCCCCOc1ccc(C(C)c2ccc(CCC)cn2)cc1. The quantitative estimate of drug-likeness (QED) is 0.550. The van der Waals surface area contributed by atoms with Crippen molar-refractivity contribution in [1.29, 1.82) is 0 Å². The van der Waals surface area contributed by atoms with E-state index in [1.54, 1.807) is 0 Å². The summed E-state index contributed by atoms with van der Waals surface area (Å²) in [5.74, 6) is 1.27. The second-order valence-electron chi connectivity index (χ2n) is 6.19. The highest BCUT2D eigenvalue weighted by molar-refractivity contribution is 5.33. The largest absolute Gasteiger partial charge is 0.494 e. The molecule has 2 aromatic rings. The highest BCUT2D eigenvalue weighted by atomic mass is 16.5. The molecule has 2 nitrogen and oxygen atoms in total. The molecule has 1 heterocycles. The fourth-order valence-corrected chi connectivity index (χ4v) is 2.69. The molecule has 0 bridgehead atoms. The maximum atomic E-state index is 5.78. The van der Waals surface area contributed by atoms with Crippen molar-refractivity contribution in [1.82, 2.24) is 4.98 Å². The lowest BCUT2D eigenvalue weighted by atomic mass is 9.96. The minimum Gasteiger partial charge on any atom is -0.494 e. The predicted octanol–water partition coefficient (Wildman–Crippen LogP) is 5.75. The van der Waals surface area contributed by atoms with Crippen molar-refractivity contribution in [2.24, 2.45) is 0 Å². The van der Waals surface area contributed by atoms with Crippen LogP contribution in [0.1, 0.15) is 69.2 Å². The Balaban J connectivity index is 1.95. The zero-order chi connectivity index (χ0) is 16.5. The molecule has 124 valence electrons. The van der Waals surface area contributed by atoms with Gasteiger partial charge < -0.3 is 4.74 Å². The van der Waals surface area contributed by atoms with Gasteiger partial charge in [0.05, 0.1) is 6.61 Å². The van der Waals surface area contributed by atoms with Crippen molar-refractivity contribution in [2.45, 2.75) is 58.8 Å². The maximum absolute atomic E-state index is 5.78. The lowest BCUT2D eigenvalue weighted by Gasteiger charge is -2.13. The summed E-state index contributed by atoms with van der Waals surface area (Å²) in [6.45, 7) is 7.42. The molecule has 0 spiro atoms. The van der Waals surface area contributed by atoms with Crippen LogP contribution in [0.2, 0.25) is 0 Å². The highest BCUT2D eigenvalue weighted by Crippen LogP contribution is 2.24. The van der Waals surface area contributed by atoms with Crippen LogP contribution in [0.5, 0.6) is 5.75 Å². The molecule has 1 atom stereocenters. The number of benzene rings is 1. The lowest BCUT2D eigenvalue weighted by molar-refractivity contribution is 0.306. The van der Waals surface area contributed by atoms with Gasteiger partial charge in [-0.1, -0.05) is 58.2 Å². The minimum atomic E-state index is 0.305. The summed E-state index contributed by atoms with van der Waals surface area (Å²) in [6, 6.07) is 12.8. The van der Waals surface area contributed by atoms with Crippen molar-refractivity contribution in [3.63, 3.8) is 0 Å². The van der Waals surface area contributed by atoms with Gasteiger partial charge in [-0.05, 0) is 42.2 Å². The van der Waals surface area contributed by atoms with Gasteiger partial charge in [0.25, 0.3) is 0 Å². The molecule has 23 heavy (non-hydrogen) atoms. The fraction of sp³-hybridized carbons (Fsp3) is 0.476. The van der Waals surface area contributed by atoms with E-state index in [-0.39, 0.29) is 0 Å². The van der Waals surface area contributed by atoms with E-state index in [9.17, 15) is 0 Å². The third-order valence-corrected chi connectivity index (χ3v) is 4.23. The van der Waals surface area contributed by atoms with Crippen molar-refractivity contribution in [3.05, 3.63) is 59.4 Å². The number of rotatable bonds is 9. The predicted molar refractivity (Wildman–Crippen MR) is 97.2 cm³/mol. The number of aromatic nitrogens is 1. The molecule has 1 aromatic heterocycles. The monoisotopic (exact) mass is 311 g/mol. The summed E-state index contributed by atoms with van der Waals surface area (Å²) in [5.41, 5.74) is 3.72. The van der Waals surface area contributed by atoms with Crippen molar-refractivity contribution >= 4 is 0 Å². The molecule has 0 aliphatic carbocycles. The van der Waals surface area contributed by atoms with Crippen LogP contribution in [-0.2, 0) is 6.42 Å². The molecule has 0 radical (unpaired) electrons. The maximum Gasteiger partial charge on any atom is 0.119 e. The van der Waals surface area contributed by atoms with Crippen molar-refractivity contribution in [3.8, 4) is 5.75 Å². The van der Waals surface area contributed by atoms with Crippen LogP contribution in [0, 0.1) is 0 Å². The number of hydrogen-bond donors (Lipinski definition) is 0. The average molecular weight is 311 g/mol. The Labute approximate surface area is 140 Å². The van der Waals surface area contributed by atoms with E-state index in [4.69, 9.17) is 4.74 Å². The second-order valence-corrected chi connectivity index (χ2v) is 6.19. The standard InChI is InChI=1S/C21H29NO/c1-4-6-7-15-23-20-12-10-19(11-13-20)17(3)21-14-9-18(8-5-2)16-22-21/h9-14,16-17H,4-8,15H2,1-3H3. The van der Waals surface area contributed by atoms with Crippen LogP contribution >= 0.6 is 0 Å². The first kappa shape index (κ1) is 17.5. The van der Waals surface area contributed by atoms with E-state index in [0.29, 0.717) is 5.92 Å². The molecule has 0 aliphatic rings. The molecule has 1 aromatic carbocycles. The van der Waals surface area contributed by atoms with Gasteiger partial charge in [0, 0.05) is 17.8 Å². The topological polar surface area (TPSA) is 22.1 Å². The highest BCUT2D eigenvalue weighted by Gasteiger charge is 2.10. The molecule has 0 aliphatic heterocycles. The molecule has 0 amide bonds. The summed E-state index contributed by atoms with van der Waals surface area (Å²) < 4.78 is 5.78. The van der Waals surface area contributed by atoms with Crippen molar-refractivity contribution < 1.29 is 4.74 Å². The van der Waals surface area contributed by atoms with E-state index in [1.165, 1.54) is 24.0 Å². The number of pyridine rings is 1. The van der Waals surface area contributed by atoms with Crippen LogP contribution in [0.3, 0.4) is 0 Å². The number of nitrogens with zero attached hydrogens (tertiary/aromatic N) is 1. The van der Waals surface area contributed by atoms with E-state index in [2.05, 4.69) is 62.2 Å². The van der Waals surface area contributed by atoms with E-state index in [1.807, 2.05) is 6.20 Å².